The van der Waals surface area contributed by atoms with E-state index >= 15 is 0 Å². The van der Waals surface area contributed by atoms with Gasteiger partial charge in [-0.2, -0.15) is 0 Å². The molecule has 5 rings (SSSR count). The Balaban J connectivity index is 0.00000141. The molecule has 0 saturated heterocycles. The second-order valence-electron chi connectivity index (χ2n) is 8.19. The van der Waals surface area contributed by atoms with E-state index in [0.717, 1.165) is 43.1 Å². The van der Waals surface area contributed by atoms with Gasteiger partial charge in [0.05, 0.1) is 12.7 Å². The lowest BCUT2D eigenvalue weighted by Gasteiger charge is -2.27. The van der Waals surface area contributed by atoms with Crippen molar-refractivity contribution in [3.63, 3.8) is 0 Å². The first-order chi connectivity index (χ1) is 17.2. The summed E-state index contributed by atoms with van der Waals surface area (Å²) in [5.74, 6) is 2.45. The number of nitrogens with zero attached hydrogens (tertiary/aromatic N) is 3. The smallest absolute Gasteiger partial charge is 0.337 e. The highest BCUT2D eigenvalue weighted by Gasteiger charge is 2.23. The Morgan fingerprint density at radius 1 is 1.00 bits per heavy atom. The van der Waals surface area contributed by atoms with E-state index in [1.165, 1.54) is 18.2 Å². The molecule has 6 nitrogen and oxygen atoms in total. The van der Waals surface area contributed by atoms with Crippen molar-refractivity contribution in [3.05, 3.63) is 95.9 Å². The van der Waals surface area contributed by atoms with Crippen LogP contribution in [0.2, 0.25) is 0 Å². The van der Waals surface area contributed by atoms with E-state index in [0.29, 0.717) is 17.2 Å². The minimum Gasteiger partial charge on any atom is -0.465 e. The van der Waals surface area contributed by atoms with Crippen LogP contribution in [0.15, 0.2) is 79.3 Å². The highest BCUT2D eigenvalue weighted by molar-refractivity contribution is 5.90. The van der Waals surface area contributed by atoms with Crippen LogP contribution in [0.4, 0.5) is 0 Å². The van der Waals surface area contributed by atoms with Crippen LogP contribution >= 0.6 is 0 Å². The minimum atomic E-state index is -0.383. The number of carbonyl (C=O) groups excluding carboxylic acids is 1. The lowest BCUT2D eigenvalue weighted by Crippen LogP contribution is -2.16. The number of esters is 1. The summed E-state index contributed by atoms with van der Waals surface area (Å²) in [7, 11) is 1.38. The summed E-state index contributed by atoms with van der Waals surface area (Å²) in [4.78, 5) is 20.9. The van der Waals surface area contributed by atoms with Crippen molar-refractivity contribution in [2.24, 2.45) is 0 Å². The number of aryl methyl sites for hydroxylation is 1. The van der Waals surface area contributed by atoms with Gasteiger partial charge in [0.1, 0.15) is 17.2 Å². The predicted molar refractivity (Wildman–Crippen MR) is 137 cm³/mol. The van der Waals surface area contributed by atoms with Crippen LogP contribution in [0.1, 0.15) is 54.1 Å². The molecule has 0 saturated carbocycles. The van der Waals surface area contributed by atoms with Gasteiger partial charge in [0, 0.05) is 31.1 Å². The van der Waals surface area contributed by atoms with Crippen LogP contribution in [-0.4, -0.2) is 27.6 Å². The quantitative estimate of drug-likeness (QED) is 0.295. The average Bonchev–Trinajstić information content (AvgIpc) is 3.38. The molecule has 180 valence electrons. The molecule has 0 amide bonds. The van der Waals surface area contributed by atoms with Crippen molar-refractivity contribution in [1.29, 1.82) is 0 Å². The first-order valence-corrected chi connectivity index (χ1v) is 12.1. The van der Waals surface area contributed by atoms with E-state index < -0.39 is 0 Å². The van der Waals surface area contributed by atoms with Crippen LogP contribution in [0.25, 0.3) is 11.5 Å². The molecule has 2 heterocycles. The standard InChI is InChI=1S/C27H25N3O3.C2H6/c1-32-27(31)20-12-13-28-25(17-20)26-29-14-15-30(26)18-21-7-5-6-19-16-23(10-11-24(19)21)33-22-8-3-2-4-9-22;1-2/h2-4,8-17,21H,5-7,18H2,1H3;1-2H3. The largest absolute Gasteiger partial charge is 0.465 e. The number of methoxy groups -OCH3 is 1. The molecule has 1 unspecified atom stereocenters. The summed E-state index contributed by atoms with van der Waals surface area (Å²) < 4.78 is 13.0. The second-order valence-corrected chi connectivity index (χ2v) is 8.19. The third-order valence-electron chi connectivity index (χ3n) is 6.07. The molecule has 0 radical (unpaired) electrons. The van der Waals surface area contributed by atoms with Gasteiger partial charge in [0.2, 0.25) is 0 Å². The predicted octanol–water partition coefficient (Wildman–Crippen LogP) is 6.67. The molecule has 0 aliphatic heterocycles. The van der Waals surface area contributed by atoms with Gasteiger partial charge in [-0.3, -0.25) is 4.98 Å². The lowest BCUT2D eigenvalue weighted by molar-refractivity contribution is 0.0600. The number of benzene rings is 2. The van der Waals surface area contributed by atoms with Crippen molar-refractivity contribution in [1.82, 2.24) is 14.5 Å². The van der Waals surface area contributed by atoms with Crippen molar-refractivity contribution in [3.8, 4) is 23.0 Å². The number of carbonyl (C=O) groups is 1. The Bertz CT molecular complexity index is 1270. The molecule has 0 N–H and O–H groups in total. The van der Waals surface area contributed by atoms with E-state index in [1.54, 1.807) is 24.5 Å². The Hall–Kier alpha value is -3.93. The normalized spacial score (nSPS) is 14.3. The zero-order valence-electron chi connectivity index (χ0n) is 20.5. The number of imidazole rings is 1. The molecular weight excluding hydrogens is 438 g/mol. The van der Waals surface area contributed by atoms with Crippen LogP contribution in [0, 0.1) is 0 Å². The van der Waals surface area contributed by atoms with Gasteiger partial charge in [-0.25, -0.2) is 9.78 Å². The van der Waals surface area contributed by atoms with Crippen molar-refractivity contribution < 1.29 is 14.3 Å². The highest BCUT2D eigenvalue weighted by Crippen LogP contribution is 2.36. The zero-order chi connectivity index (χ0) is 24.6. The molecule has 2 aromatic carbocycles. The van der Waals surface area contributed by atoms with Crippen LogP contribution < -0.4 is 4.74 Å². The van der Waals surface area contributed by atoms with Gasteiger partial charge >= 0.3 is 5.97 Å². The highest BCUT2D eigenvalue weighted by atomic mass is 16.5. The number of pyridine rings is 1. The van der Waals surface area contributed by atoms with Gasteiger partial charge in [0.15, 0.2) is 5.82 Å². The van der Waals surface area contributed by atoms with Gasteiger partial charge in [-0.05, 0) is 66.8 Å². The first kappa shape index (κ1) is 24.2. The third kappa shape index (κ3) is 5.60. The van der Waals surface area contributed by atoms with Gasteiger partial charge < -0.3 is 14.0 Å². The zero-order valence-corrected chi connectivity index (χ0v) is 20.5. The van der Waals surface area contributed by atoms with Gasteiger partial charge in [-0.1, -0.05) is 38.1 Å². The van der Waals surface area contributed by atoms with Crippen LogP contribution in [-0.2, 0) is 17.7 Å². The van der Waals surface area contributed by atoms with E-state index in [4.69, 9.17) is 9.47 Å². The molecule has 0 spiro atoms. The summed E-state index contributed by atoms with van der Waals surface area (Å²) in [6.45, 7) is 4.80. The molecule has 1 aliphatic rings. The lowest BCUT2D eigenvalue weighted by atomic mass is 9.82. The summed E-state index contributed by atoms with van der Waals surface area (Å²) >= 11 is 0. The molecule has 1 atom stereocenters. The van der Waals surface area contributed by atoms with Crippen LogP contribution in [0.5, 0.6) is 11.5 Å². The fraction of sp³-hybridized carbons (Fsp3) is 0.276. The molecular formula is C29H31N3O3. The molecule has 4 aromatic rings. The molecule has 2 aromatic heterocycles. The van der Waals surface area contributed by atoms with Crippen molar-refractivity contribution >= 4 is 5.97 Å². The monoisotopic (exact) mass is 469 g/mol. The average molecular weight is 470 g/mol. The number of aromatic nitrogens is 3. The second kappa shape index (κ2) is 11.5. The maximum absolute atomic E-state index is 11.9. The van der Waals surface area contributed by atoms with E-state index in [9.17, 15) is 4.79 Å². The van der Waals surface area contributed by atoms with Gasteiger partial charge in [0.25, 0.3) is 0 Å². The van der Waals surface area contributed by atoms with Crippen LogP contribution in [0.3, 0.4) is 0 Å². The molecule has 1 aliphatic carbocycles. The Morgan fingerprint density at radius 3 is 2.63 bits per heavy atom. The molecule has 35 heavy (non-hydrogen) atoms. The minimum absolute atomic E-state index is 0.372. The first-order valence-electron chi connectivity index (χ1n) is 12.1. The maximum Gasteiger partial charge on any atom is 0.337 e. The Morgan fingerprint density at radius 2 is 1.83 bits per heavy atom. The maximum atomic E-state index is 11.9. The fourth-order valence-corrected chi connectivity index (χ4v) is 4.49. The molecule has 0 fully saturated rings. The number of para-hydroxylation sites is 1. The number of ether oxygens (including phenoxy) is 2. The Labute approximate surface area is 206 Å². The summed E-state index contributed by atoms with van der Waals surface area (Å²) in [6.07, 6.45) is 8.67. The Kier molecular flexibility index (Phi) is 7.93. The summed E-state index contributed by atoms with van der Waals surface area (Å²) in [5, 5.41) is 0. The topological polar surface area (TPSA) is 66.2 Å². The van der Waals surface area contributed by atoms with E-state index in [1.807, 2.05) is 50.4 Å². The fourth-order valence-electron chi connectivity index (χ4n) is 4.49. The number of rotatable bonds is 6. The number of hydrogen-bond acceptors (Lipinski definition) is 5. The molecule has 6 heteroatoms. The van der Waals surface area contributed by atoms with E-state index in [-0.39, 0.29) is 5.97 Å². The van der Waals surface area contributed by atoms with E-state index in [2.05, 4.69) is 32.7 Å². The van der Waals surface area contributed by atoms with Crippen molar-refractivity contribution in [2.45, 2.75) is 45.6 Å². The number of fused-ring (bicyclic) bond motifs is 1. The summed E-state index contributed by atoms with van der Waals surface area (Å²) in [6, 6.07) is 19.7. The summed E-state index contributed by atoms with van der Waals surface area (Å²) in [5.41, 5.74) is 3.82. The molecule has 0 bridgehead atoms. The van der Waals surface area contributed by atoms with Crippen molar-refractivity contribution in [2.75, 3.05) is 7.11 Å². The SMILES string of the molecule is CC.COC(=O)c1ccnc(-c2nccn2CC2CCCc3cc(Oc4ccccc4)ccc32)c1. The van der Waals surface area contributed by atoms with Gasteiger partial charge in [-0.15, -0.1) is 0 Å². The number of hydrogen-bond donors (Lipinski definition) is 0. The third-order valence-corrected chi connectivity index (χ3v) is 6.07.